The molecule has 7 nitrogen and oxygen atoms in total. The van der Waals surface area contributed by atoms with E-state index in [0.29, 0.717) is 18.3 Å². The molecule has 0 bridgehead atoms. The highest BCUT2D eigenvalue weighted by Crippen LogP contribution is 2.21. The van der Waals surface area contributed by atoms with Gasteiger partial charge in [0.1, 0.15) is 5.75 Å². The first-order valence-electron chi connectivity index (χ1n) is 8.64. The fourth-order valence-electron chi connectivity index (χ4n) is 3.21. The summed E-state index contributed by atoms with van der Waals surface area (Å²) >= 11 is 0. The molecule has 1 aromatic heterocycles. The monoisotopic (exact) mass is 379 g/mol. The van der Waals surface area contributed by atoms with Crippen LogP contribution in [0.25, 0.3) is 0 Å². The number of halogens is 1. The van der Waals surface area contributed by atoms with Crippen molar-refractivity contribution in [2.24, 2.45) is 0 Å². The molecule has 0 atom stereocenters. The number of aromatic nitrogens is 3. The van der Waals surface area contributed by atoms with Crippen LogP contribution in [-0.4, -0.2) is 41.1 Å². The van der Waals surface area contributed by atoms with Crippen LogP contribution in [0.15, 0.2) is 18.2 Å². The highest BCUT2D eigenvalue weighted by Gasteiger charge is 2.22. The number of nitrogens with one attached hydrogen (secondary N) is 2. The Morgan fingerprint density at radius 3 is 2.77 bits per heavy atom. The van der Waals surface area contributed by atoms with Crippen LogP contribution in [0.5, 0.6) is 5.75 Å². The molecule has 1 aliphatic rings. The molecule has 0 spiro atoms. The number of carbonyl (C=O) groups is 1. The highest BCUT2D eigenvalue weighted by atomic mass is 35.5. The molecule has 8 heteroatoms. The van der Waals surface area contributed by atoms with E-state index in [0.717, 1.165) is 48.5 Å². The normalized spacial score (nSPS) is 14.6. The van der Waals surface area contributed by atoms with Gasteiger partial charge in [0, 0.05) is 12.1 Å². The third-order valence-electron chi connectivity index (χ3n) is 4.68. The number of carbonyl (C=O) groups excluding carboxylic acids is 1. The number of aryl methyl sites for hydroxylation is 1. The first kappa shape index (κ1) is 20.2. The molecule has 0 radical (unpaired) electrons. The summed E-state index contributed by atoms with van der Waals surface area (Å²) in [6, 6.07) is 6.24. The summed E-state index contributed by atoms with van der Waals surface area (Å²) in [5.74, 6) is 0.565. The molecule has 1 aromatic carbocycles. The molecule has 1 saturated heterocycles. The lowest BCUT2D eigenvalue weighted by atomic mass is 10.1. The number of hydrogen-bond donors (Lipinski definition) is 2. The predicted octanol–water partition coefficient (Wildman–Crippen LogP) is 2.18. The summed E-state index contributed by atoms with van der Waals surface area (Å²) in [5, 5.41) is 14.6. The van der Waals surface area contributed by atoms with Crippen molar-refractivity contribution in [3.63, 3.8) is 0 Å². The van der Waals surface area contributed by atoms with Crippen LogP contribution >= 0.6 is 12.4 Å². The van der Waals surface area contributed by atoms with E-state index in [2.05, 4.69) is 20.9 Å². The van der Waals surface area contributed by atoms with Gasteiger partial charge in [-0.3, -0.25) is 4.79 Å². The maximum absolute atomic E-state index is 12.5. The van der Waals surface area contributed by atoms with Gasteiger partial charge in [-0.15, -0.1) is 17.5 Å². The Morgan fingerprint density at radius 1 is 1.35 bits per heavy atom. The minimum Gasteiger partial charge on any atom is -0.496 e. The summed E-state index contributed by atoms with van der Waals surface area (Å²) in [6.07, 6.45) is 2.01. The predicted molar refractivity (Wildman–Crippen MR) is 102 cm³/mol. The van der Waals surface area contributed by atoms with Crippen LogP contribution in [-0.2, 0) is 6.54 Å². The summed E-state index contributed by atoms with van der Waals surface area (Å²) in [7, 11) is 1.63. The lowest BCUT2D eigenvalue weighted by Gasteiger charge is -2.23. The molecule has 2 heterocycles. The van der Waals surface area contributed by atoms with Gasteiger partial charge in [0.15, 0.2) is 5.69 Å². The molecular formula is C18H26ClN5O2. The first-order valence-corrected chi connectivity index (χ1v) is 8.64. The number of hydrogen-bond acceptors (Lipinski definition) is 5. The number of ether oxygens (including phenoxy) is 1. The topological polar surface area (TPSA) is 81.1 Å². The Kier molecular flexibility index (Phi) is 6.99. The average molecular weight is 380 g/mol. The zero-order chi connectivity index (χ0) is 17.8. The summed E-state index contributed by atoms with van der Waals surface area (Å²) in [4.78, 5) is 12.5. The number of amides is 1. The van der Waals surface area contributed by atoms with Crippen molar-refractivity contribution in [2.75, 3.05) is 20.2 Å². The van der Waals surface area contributed by atoms with Gasteiger partial charge >= 0.3 is 0 Å². The number of methoxy groups -OCH3 is 1. The van der Waals surface area contributed by atoms with Crippen molar-refractivity contribution in [3.05, 3.63) is 40.7 Å². The molecule has 3 rings (SSSR count). The zero-order valence-corrected chi connectivity index (χ0v) is 16.2. The van der Waals surface area contributed by atoms with E-state index in [1.54, 1.807) is 7.11 Å². The molecule has 0 unspecified atom stereocenters. The van der Waals surface area contributed by atoms with E-state index in [9.17, 15) is 4.79 Å². The lowest BCUT2D eigenvalue weighted by molar-refractivity contribution is 0.0945. The van der Waals surface area contributed by atoms with Gasteiger partial charge < -0.3 is 15.4 Å². The standard InChI is InChI=1S/C18H25N5O2.ClH/c1-12-4-5-14(16(10-12)25-3)11-20-18(24)17-13(2)23(22-21-17)15-6-8-19-9-7-15;/h4-5,10,15,19H,6-9,11H2,1-3H3,(H,20,24);1H. The largest absolute Gasteiger partial charge is 0.496 e. The third-order valence-corrected chi connectivity index (χ3v) is 4.68. The molecule has 0 aliphatic carbocycles. The molecule has 142 valence electrons. The molecule has 1 amide bonds. The van der Waals surface area contributed by atoms with E-state index in [1.165, 1.54) is 0 Å². The highest BCUT2D eigenvalue weighted by molar-refractivity contribution is 5.93. The second-order valence-corrected chi connectivity index (χ2v) is 6.45. The van der Waals surface area contributed by atoms with E-state index < -0.39 is 0 Å². The number of piperidine rings is 1. The van der Waals surface area contributed by atoms with Gasteiger partial charge in [0.25, 0.3) is 5.91 Å². The minimum atomic E-state index is -0.208. The Labute approximate surface area is 159 Å². The molecule has 26 heavy (non-hydrogen) atoms. The van der Waals surface area contributed by atoms with Gasteiger partial charge in [-0.2, -0.15) is 0 Å². The quantitative estimate of drug-likeness (QED) is 0.832. The van der Waals surface area contributed by atoms with Crippen LogP contribution in [0.3, 0.4) is 0 Å². The van der Waals surface area contributed by atoms with Crippen LogP contribution < -0.4 is 15.4 Å². The van der Waals surface area contributed by atoms with E-state index in [1.807, 2.05) is 36.7 Å². The van der Waals surface area contributed by atoms with Crippen LogP contribution in [0.1, 0.15) is 46.2 Å². The molecule has 0 saturated carbocycles. The van der Waals surface area contributed by atoms with Crippen molar-refractivity contribution in [3.8, 4) is 5.75 Å². The van der Waals surface area contributed by atoms with E-state index in [-0.39, 0.29) is 18.3 Å². The lowest BCUT2D eigenvalue weighted by Crippen LogP contribution is -2.30. The Morgan fingerprint density at radius 2 is 2.08 bits per heavy atom. The zero-order valence-electron chi connectivity index (χ0n) is 15.4. The van der Waals surface area contributed by atoms with E-state index in [4.69, 9.17) is 4.74 Å². The smallest absolute Gasteiger partial charge is 0.274 e. The van der Waals surface area contributed by atoms with Crippen molar-refractivity contribution in [1.29, 1.82) is 0 Å². The summed E-state index contributed by atoms with van der Waals surface area (Å²) in [5.41, 5.74) is 3.27. The van der Waals surface area contributed by atoms with E-state index >= 15 is 0 Å². The van der Waals surface area contributed by atoms with Gasteiger partial charge in [0.2, 0.25) is 0 Å². The summed E-state index contributed by atoms with van der Waals surface area (Å²) < 4.78 is 7.27. The maximum atomic E-state index is 12.5. The number of rotatable bonds is 5. The molecule has 1 aliphatic heterocycles. The van der Waals surface area contributed by atoms with Crippen LogP contribution in [0.2, 0.25) is 0 Å². The fourth-order valence-corrected chi connectivity index (χ4v) is 3.21. The fraction of sp³-hybridized carbons (Fsp3) is 0.500. The van der Waals surface area contributed by atoms with Gasteiger partial charge in [0.05, 0.1) is 18.8 Å². The molecule has 1 fully saturated rings. The van der Waals surface area contributed by atoms with Crippen LogP contribution in [0, 0.1) is 13.8 Å². The molecule has 2 N–H and O–H groups in total. The van der Waals surface area contributed by atoms with Crippen molar-refractivity contribution >= 4 is 18.3 Å². The SMILES string of the molecule is COc1cc(C)ccc1CNC(=O)c1nnn(C2CCNCC2)c1C.Cl. The Balaban J connectivity index is 0.00000243. The van der Waals surface area contributed by atoms with Gasteiger partial charge in [-0.25, -0.2) is 4.68 Å². The van der Waals surface area contributed by atoms with Crippen molar-refractivity contribution in [2.45, 2.75) is 39.3 Å². The van der Waals surface area contributed by atoms with Crippen LogP contribution in [0.4, 0.5) is 0 Å². The third kappa shape index (κ3) is 4.34. The van der Waals surface area contributed by atoms with Crippen molar-refractivity contribution < 1.29 is 9.53 Å². The Hall–Kier alpha value is -2.12. The Bertz CT molecular complexity index is 756. The number of nitrogens with zero attached hydrogens (tertiary/aromatic N) is 3. The van der Waals surface area contributed by atoms with Gasteiger partial charge in [-0.1, -0.05) is 17.3 Å². The second-order valence-electron chi connectivity index (χ2n) is 6.45. The minimum absolute atomic E-state index is 0. The van der Waals surface area contributed by atoms with Gasteiger partial charge in [-0.05, 0) is 51.4 Å². The molecule has 2 aromatic rings. The molecular weight excluding hydrogens is 354 g/mol. The maximum Gasteiger partial charge on any atom is 0.274 e. The average Bonchev–Trinajstić information content (AvgIpc) is 3.02. The van der Waals surface area contributed by atoms with Crippen molar-refractivity contribution in [1.82, 2.24) is 25.6 Å². The summed E-state index contributed by atoms with van der Waals surface area (Å²) in [6.45, 7) is 6.25. The first-order chi connectivity index (χ1) is 12.1. The number of benzene rings is 1. The second kappa shape index (κ2) is 9.00.